The molecule has 3 aromatic carbocycles. The van der Waals surface area contributed by atoms with Gasteiger partial charge in [-0.1, -0.05) is 19.1 Å². The Labute approximate surface area is 457 Å². The van der Waals surface area contributed by atoms with Crippen LogP contribution < -0.4 is 20.6 Å². The molecule has 0 spiro atoms. The molecule has 6 fully saturated rings. The van der Waals surface area contributed by atoms with Crippen molar-refractivity contribution in [3.8, 4) is 22.9 Å². The first-order chi connectivity index (χ1) is 38.1. The van der Waals surface area contributed by atoms with E-state index < -0.39 is 29.2 Å². The Morgan fingerprint density at radius 2 is 1.70 bits per heavy atom. The van der Waals surface area contributed by atoms with E-state index in [2.05, 4.69) is 32.2 Å². The predicted molar refractivity (Wildman–Crippen MR) is 295 cm³/mol. The molecule has 6 saturated heterocycles. The molecular formula is C60H71F2N9O8. The second-order valence-corrected chi connectivity index (χ2v) is 23.7. The summed E-state index contributed by atoms with van der Waals surface area (Å²) in [7, 11) is 1.73. The van der Waals surface area contributed by atoms with Gasteiger partial charge in [0.1, 0.15) is 42.0 Å². The fourth-order valence-electron chi connectivity index (χ4n) is 14.3. The second-order valence-electron chi connectivity index (χ2n) is 23.7. The summed E-state index contributed by atoms with van der Waals surface area (Å²) < 4.78 is 48.4. The number of likely N-dealkylation sites (tertiary alicyclic amines) is 2. The maximum Gasteiger partial charge on any atom is 0.409 e. The number of phenols is 1. The molecule has 418 valence electrons. The Bertz CT molecular complexity index is 3440. The van der Waals surface area contributed by atoms with Gasteiger partial charge in [-0.25, -0.2) is 23.4 Å². The molecule has 3 N–H and O–H groups in total. The molecule has 0 radical (unpaired) electrons. The van der Waals surface area contributed by atoms with Crippen LogP contribution in [0, 0.1) is 17.6 Å². The van der Waals surface area contributed by atoms with Crippen LogP contribution in [-0.2, 0) is 27.8 Å². The number of carbonyl (C=O) groups is 3. The molecule has 6 aliphatic heterocycles. The van der Waals surface area contributed by atoms with Gasteiger partial charge in [0.2, 0.25) is 17.7 Å². The van der Waals surface area contributed by atoms with E-state index in [1.165, 1.54) is 28.3 Å². The number of hydrogen-bond donors (Lipinski definition) is 3. The smallest absolute Gasteiger partial charge is 0.409 e. The molecule has 19 heteroatoms. The third-order valence-electron chi connectivity index (χ3n) is 18.5. The Kier molecular flexibility index (Phi) is 14.1. The minimum atomic E-state index is -0.963. The summed E-state index contributed by atoms with van der Waals surface area (Å²) in [5.74, 6) is -0.914. The number of piperidine rings is 4. The van der Waals surface area contributed by atoms with E-state index in [0.29, 0.717) is 96.8 Å². The van der Waals surface area contributed by atoms with Gasteiger partial charge in [0.05, 0.1) is 27.9 Å². The van der Waals surface area contributed by atoms with Gasteiger partial charge in [0.25, 0.3) is 0 Å². The van der Waals surface area contributed by atoms with Gasteiger partial charge in [0.15, 0.2) is 5.82 Å². The van der Waals surface area contributed by atoms with E-state index in [1.807, 2.05) is 28.9 Å². The zero-order chi connectivity index (χ0) is 54.9. The highest BCUT2D eigenvalue weighted by Crippen LogP contribution is 2.45. The van der Waals surface area contributed by atoms with Crippen molar-refractivity contribution < 1.29 is 42.9 Å². The standard InChI is InChI=1S/C60H71F2N9O8/c1-4-42-45(61)9-7-39-27-41(72)29-43(52(39)42)54-53(62)55-44(31-63-54)48(69-21-5-18-59(2,77)34-69)30-51(65-55)79-35-60-19-6-22-70(60)40(13-20-60)33-78-58(76)68-25-14-36(15-26-68)32-67-23-16-37(17-24-67)38-8-10-46-49(28-38)66(3)57(75)71(46)47-11-12-50(73)64-56(47)74/h7-10,27-31,36-37,40,47,72,77H,4-6,11-26,32-35H2,1-3H3,(H,64,73,74)/t40-,47?,59+,60-/m0/s1. The number of amides is 3. The van der Waals surface area contributed by atoms with E-state index in [9.17, 15) is 29.4 Å². The van der Waals surface area contributed by atoms with Gasteiger partial charge in [0, 0.05) is 75.4 Å². The van der Waals surface area contributed by atoms with Crippen LogP contribution in [0.15, 0.2) is 59.5 Å². The number of aromatic nitrogens is 4. The van der Waals surface area contributed by atoms with Crippen LogP contribution in [0.2, 0.25) is 0 Å². The van der Waals surface area contributed by atoms with Crippen LogP contribution in [0.4, 0.5) is 19.3 Å². The first-order valence-corrected chi connectivity index (χ1v) is 28.6. The lowest BCUT2D eigenvalue weighted by Crippen LogP contribution is -2.48. The van der Waals surface area contributed by atoms with Gasteiger partial charge in [-0.05, 0) is 168 Å². The first kappa shape index (κ1) is 53.0. The number of ether oxygens (including phenoxy) is 2. The molecule has 0 bridgehead atoms. The van der Waals surface area contributed by atoms with Crippen molar-refractivity contribution >= 4 is 56.3 Å². The fourth-order valence-corrected chi connectivity index (χ4v) is 14.3. The number of rotatable bonds is 12. The van der Waals surface area contributed by atoms with Crippen molar-refractivity contribution in [1.82, 2.24) is 39.1 Å². The number of halogens is 2. The Morgan fingerprint density at radius 1 is 0.899 bits per heavy atom. The number of aliphatic hydroxyl groups is 1. The fraction of sp³-hybridized carbons (Fsp3) is 0.533. The number of anilines is 1. The molecule has 6 aromatic rings. The number of benzene rings is 3. The topological polar surface area (TPSA) is 188 Å². The molecule has 79 heavy (non-hydrogen) atoms. The van der Waals surface area contributed by atoms with Crippen molar-refractivity contribution in [2.24, 2.45) is 13.0 Å². The number of hydrogen-bond acceptors (Lipinski definition) is 13. The zero-order valence-electron chi connectivity index (χ0n) is 45.4. The van der Waals surface area contributed by atoms with Crippen molar-refractivity contribution in [1.29, 1.82) is 0 Å². The number of imidazole rings is 1. The molecule has 0 saturated carbocycles. The van der Waals surface area contributed by atoms with Crippen LogP contribution in [0.1, 0.15) is 114 Å². The van der Waals surface area contributed by atoms with Crippen molar-refractivity contribution in [2.75, 3.05) is 70.5 Å². The minimum absolute atomic E-state index is 0.0278. The van der Waals surface area contributed by atoms with Gasteiger partial charge in [-0.2, -0.15) is 0 Å². The van der Waals surface area contributed by atoms with Gasteiger partial charge < -0.3 is 34.4 Å². The number of pyridine rings is 2. The minimum Gasteiger partial charge on any atom is -0.508 e. The Morgan fingerprint density at radius 3 is 2.47 bits per heavy atom. The van der Waals surface area contributed by atoms with Gasteiger partial charge >= 0.3 is 11.8 Å². The van der Waals surface area contributed by atoms with Crippen molar-refractivity contribution in [3.63, 3.8) is 0 Å². The van der Waals surface area contributed by atoms with Gasteiger partial charge in [-0.3, -0.25) is 33.9 Å². The number of fused-ring (bicyclic) bond motifs is 4. The summed E-state index contributed by atoms with van der Waals surface area (Å²) in [4.78, 5) is 69.7. The summed E-state index contributed by atoms with van der Waals surface area (Å²) in [6.07, 6.45) is 10.9. The van der Waals surface area contributed by atoms with E-state index in [0.717, 1.165) is 89.5 Å². The number of aryl methyl sites for hydroxylation is 2. The lowest BCUT2D eigenvalue weighted by atomic mass is 9.88. The van der Waals surface area contributed by atoms with Crippen LogP contribution in [0.3, 0.4) is 0 Å². The average Bonchev–Trinajstić information content (AvgIpc) is 4.32. The zero-order valence-corrected chi connectivity index (χ0v) is 45.4. The molecule has 17 nitrogen and oxygen atoms in total. The van der Waals surface area contributed by atoms with E-state index >= 15 is 8.78 Å². The van der Waals surface area contributed by atoms with E-state index in [4.69, 9.17) is 14.5 Å². The average molecular weight is 1080 g/mol. The summed E-state index contributed by atoms with van der Waals surface area (Å²) in [6, 6.07) is 13.2. The second kappa shape index (κ2) is 21.1. The molecule has 6 aliphatic rings. The van der Waals surface area contributed by atoms with Crippen LogP contribution in [0.25, 0.3) is 44.0 Å². The van der Waals surface area contributed by atoms with Crippen LogP contribution in [-0.4, -0.2) is 145 Å². The number of nitrogens with one attached hydrogen (secondary N) is 1. The quantitative estimate of drug-likeness (QED) is 0.1000. The summed E-state index contributed by atoms with van der Waals surface area (Å²) in [5, 5.41) is 25.9. The molecule has 4 atom stereocenters. The van der Waals surface area contributed by atoms with E-state index in [1.54, 1.807) is 30.8 Å². The largest absolute Gasteiger partial charge is 0.508 e. The monoisotopic (exact) mass is 1080 g/mol. The molecular weight excluding hydrogens is 1010 g/mol. The van der Waals surface area contributed by atoms with Crippen LogP contribution >= 0.6 is 0 Å². The first-order valence-electron chi connectivity index (χ1n) is 28.6. The normalized spacial score (nSPS) is 24.7. The molecule has 3 aromatic heterocycles. The maximum atomic E-state index is 17.3. The summed E-state index contributed by atoms with van der Waals surface area (Å²) in [6.45, 7) is 10.2. The third kappa shape index (κ3) is 9.97. The maximum absolute atomic E-state index is 17.3. The van der Waals surface area contributed by atoms with E-state index in [-0.39, 0.29) is 70.7 Å². The van der Waals surface area contributed by atoms with Gasteiger partial charge in [-0.15, -0.1) is 0 Å². The Hall–Kier alpha value is -6.70. The predicted octanol–water partition coefficient (Wildman–Crippen LogP) is 8.08. The molecule has 1 unspecified atom stereocenters. The lowest BCUT2D eigenvalue weighted by Gasteiger charge is -2.39. The van der Waals surface area contributed by atoms with Crippen molar-refractivity contribution in [3.05, 3.63) is 88.0 Å². The lowest BCUT2D eigenvalue weighted by molar-refractivity contribution is -0.135. The van der Waals surface area contributed by atoms with Crippen LogP contribution in [0.5, 0.6) is 11.6 Å². The SMILES string of the molecule is CCc1c(F)ccc2cc(O)cc(-c3ncc4c(N5CCC[C@@](C)(O)C5)cc(OC[C@@]56CCCN5[C@H](COC(=O)N5CCC(CN7CCC(c8ccc9c(c8)n(C)c(=O)n9C8CCC(=O)NC8=O)CC7)CC5)CC6)nc4c3F)c12. The highest BCUT2D eigenvalue weighted by Gasteiger charge is 2.50. The number of phenolic OH excluding ortho intramolecular Hbond substituents is 1. The third-order valence-corrected chi connectivity index (χ3v) is 18.5. The number of aromatic hydroxyl groups is 1. The molecule has 12 rings (SSSR count). The number of β-amino-alcohol motifs (C(OH)–C–C–N with tert-alkyl or cyclic N) is 1. The molecule has 3 amide bonds. The molecule has 9 heterocycles. The molecule has 0 aliphatic carbocycles. The highest BCUT2D eigenvalue weighted by molar-refractivity contribution is 6.02. The number of carbonyl (C=O) groups excluding carboxylic acids is 3. The summed E-state index contributed by atoms with van der Waals surface area (Å²) >= 11 is 0. The number of nitrogens with zero attached hydrogens (tertiary/aromatic N) is 8. The highest BCUT2D eigenvalue weighted by atomic mass is 19.1. The Balaban J connectivity index is 0.664. The van der Waals surface area contributed by atoms with Crippen molar-refractivity contribution in [2.45, 2.75) is 126 Å². The summed E-state index contributed by atoms with van der Waals surface area (Å²) in [5.41, 5.74) is 2.40. The number of imide groups is 1.